The molecule has 8 heteroatoms. The number of hydrogen-bond donors (Lipinski definition) is 2. The molecule has 0 radical (unpaired) electrons. The first-order valence-electron chi connectivity index (χ1n) is 10.5. The highest BCUT2D eigenvalue weighted by molar-refractivity contribution is 6.10. The highest BCUT2D eigenvalue weighted by atomic mass is 19.1. The van der Waals surface area contributed by atoms with Crippen molar-refractivity contribution < 1.29 is 9.18 Å². The van der Waals surface area contributed by atoms with E-state index in [0.717, 1.165) is 29.2 Å². The molecule has 1 aromatic heterocycles. The lowest BCUT2D eigenvalue weighted by Crippen LogP contribution is -2.36. The molecule has 1 amide bonds. The van der Waals surface area contributed by atoms with Gasteiger partial charge in [0.1, 0.15) is 5.82 Å². The monoisotopic (exact) mass is 436 g/mol. The maximum atomic E-state index is 13.3. The molecule has 2 N–H and O–H groups in total. The molecule has 32 heavy (non-hydrogen) atoms. The standard InChI is InChI=1S/C24H29FN6O/c1-6-31-17(3)22(16(2)29-31)15-26-24(27-20-12-10-19(25)11-13-20)28-23(32)18-8-7-9-21(14-18)30(4)5/h7-14H,6,15H2,1-5H3,(H2,26,27,28,32). The van der Waals surface area contributed by atoms with Crippen LogP contribution in [-0.2, 0) is 13.1 Å². The molecule has 1 heterocycles. The van der Waals surface area contributed by atoms with Gasteiger partial charge in [-0.05, 0) is 63.2 Å². The second-order valence-electron chi connectivity index (χ2n) is 7.66. The molecule has 0 unspecified atom stereocenters. The molecule has 0 aliphatic carbocycles. The predicted octanol–water partition coefficient (Wildman–Crippen LogP) is 4.12. The molecule has 0 spiro atoms. The number of carbonyl (C=O) groups excluding carboxylic acids is 1. The van der Waals surface area contributed by atoms with Crippen molar-refractivity contribution in [3.8, 4) is 0 Å². The summed E-state index contributed by atoms with van der Waals surface area (Å²) in [5.74, 6) is -0.350. The number of benzene rings is 2. The average molecular weight is 437 g/mol. The Morgan fingerprint density at radius 1 is 1.16 bits per heavy atom. The van der Waals surface area contributed by atoms with Crippen LogP contribution in [0.5, 0.6) is 0 Å². The quantitative estimate of drug-likeness (QED) is 0.450. The van der Waals surface area contributed by atoms with Crippen molar-refractivity contribution in [2.24, 2.45) is 4.99 Å². The van der Waals surface area contributed by atoms with E-state index in [-0.39, 0.29) is 17.7 Å². The van der Waals surface area contributed by atoms with Gasteiger partial charge in [0.15, 0.2) is 0 Å². The Morgan fingerprint density at radius 2 is 1.88 bits per heavy atom. The minimum atomic E-state index is -0.336. The smallest absolute Gasteiger partial charge is 0.258 e. The third-order valence-corrected chi connectivity index (χ3v) is 5.19. The fraction of sp³-hybridized carbons (Fsp3) is 0.292. The number of hydrogen-bond acceptors (Lipinski definition) is 4. The molecule has 168 valence electrons. The maximum absolute atomic E-state index is 13.3. The minimum Gasteiger partial charge on any atom is -0.378 e. The molecule has 0 saturated heterocycles. The summed E-state index contributed by atoms with van der Waals surface area (Å²) in [5.41, 5.74) is 5.00. The molecule has 7 nitrogen and oxygen atoms in total. The van der Waals surface area contributed by atoms with Gasteiger partial charge >= 0.3 is 0 Å². The molecule has 0 aliphatic rings. The van der Waals surface area contributed by atoms with Crippen LogP contribution in [0.15, 0.2) is 53.5 Å². The van der Waals surface area contributed by atoms with E-state index in [0.29, 0.717) is 17.8 Å². The van der Waals surface area contributed by atoms with Crippen LogP contribution in [-0.4, -0.2) is 35.7 Å². The number of guanidine groups is 1. The molecule has 3 aromatic rings. The molecular formula is C24H29FN6O. The van der Waals surface area contributed by atoms with E-state index in [9.17, 15) is 9.18 Å². The lowest BCUT2D eigenvalue weighted by atomic mass is 10.2. The number of anilines is 2. The van der Waals surface area contributed by atoms with Crippen molar-refractivity contribution in [2.45, 2.75) is 33.9 Å². The highest BCUT2D eigenvalue weighted by Gasteiger charge is 2.13. The number of carbonyl (C=O) groups is 1. The van der Waals surface area contributed by atoms with Gasteiger partial charge in [0.2, 0.25) is 5.96 Å². The first kappa shape index (κ1) is 23.0. The number of amides is 1. The van der Waals surface area contributed by atoms with Crippen LogP contribution in [0.4, 0.5) is 15.8 Å². The number of aliphatic imine (C=N–C) groups is 1. The summed E-state index contributed by atoms with van der Waals surface area (Å²) in [5, 5.41) is 10.5. The summed E-state index contributed by atoms with van der Waals surface area (Å²) >= 11 is 0. The third kappa shape index (κ3) is 5.51. The van der Waals surface area contributed by atoms with E-state index >= 15 is 0 Å². The maximum Gasteiger partial charge on any atom is 0.258 e. The summed E-state index contributed by atoms with van der Waals surface area (Å²) in [7, 11) is 3.84. The van der Waals surface area contributed by atoms with E-state index in [1.165, 1.54) is 12.1 Å². The number of nitrogens with zero attached hydrogens (tertiary/aromatic N) is 4. The van der Waals surface area contributed by atoms with E-state index in [2.05, 4.69) is 20.7 Å². The lowest BCUT2D eigenvalue weighted by Gasteiger charge is -2.15. The Hall–Kier alpha value is -3.68. The van der Waals surface area contributed by atoms with Gasteiger partial charge in [0, 0.05) is 48.8 Å². The van der Waals surface area contributed by atoms with Crippen LogP contribution in [0.3, 0.4) is 0 Å². The predicted molar refractivity (Wildman–Crippen MR) is 127 cm³/mol. The third-order valence-electron chi connectivity index (χ3n) is 5.19. The van der Waals surface area contributed by atoms with Gasteiger partial charge in [-0.1, -0.05) is 6.07 Å². The summed E-state index contributed by atoms with van der Waals surface area (Å²) < 4.78 is 15.2. The second-order valence-corrected chi connectivity index (χ2v) is 7.66. The van der Waals surface area contributed by atoms with Crippen LogP contribution in [0.1, 0.15) is 34.2 Å². The molecule has 0 saturated carbocycles. The van der Waals surface area contributed by atoms with E-state index in [4.69, 9.17) is 0 Å². The van der Waals surface area contributed by atoms with Crippen LogP contribution in [0, 0.1) is 19.7 Å². The molecule has 2 aromatic carbocycles. The van der Waals surface area contributed by atoms with Gasteiger partial charge in [0.05, 0.1) is 12.2 Å². The van der Waals surface area contributed by atoms with Gasteiger partial charge in [-0.2, -0.15) is 5.10 Å². The summed E-state index contributed by atoms with van der Waals surface area (Å²) in [6.45, 7) is 7.11. The van der Waals surface area contributed by atoms with Gasteiger partial charge in [-0.15, -0.1) is 0 Å². The minimum absolute atomic E-state index is 0.278. The number of nitrogens with one attached hydrogen (secondary N) is 2. The molecule has 0 atom stereocenters. The van der Waals surface area contributed by atoms with Gasteiger partial charge in [-0.25, -0.2) is 9.38 Å². The lowest BCUT2D eigenvalue weighted by molar-refractivity contribution is 0.0977. The van der Waals surface area contributed by atoms with Gasteiger partial charge in [0.25, 0.3) is 5.91 Å². The summed E-state index contributed by atoms with van der Waals surface area (Å²) in [6, 6.07) is 13.2. The number of rotatable bonds is 6. The van der Waals surface area contributed by atoms with Crippen molar-refractivity contribution in [2.75, 3.05) is 24.3 Å². The SMILES string of the molecule is CCn1nc(C)c(CN=C(NC(=O)c2cccc(N(C)C)c2)Nc2ccc(F)cc2)c1C. The summed E-state index contributed by atoms with van der Waals surface area (Å²) in [6.07, 6.45) is 0. The van der Waals surface area contributed by atoms with Gasteiger partial charge in [-0.3, -0.25) is 14.8 Å². The number of aromatic nitrogens is 2. The zero-order valence-electron chi connectivity index (χ0n) is 19.1. The Morgan fingerprint density at radius 3 is 2.50 bits per heavy atom. The average Bonchev–Trinajstić information content (AvgIpc) is 3.06. The number of aryl methyl sites for hydroxylation is 2. The topological polar surface area (TPSA) is 74.5 Å². The number of halogens is 1. The normalized spacial score (nSPS) is 11.4. The van der Waals surface area contributed by atoms with Crippen molar-refractivity contribution >= 4 is 23.2 Å². The van der Waals surface area contributed by atoms with Gasteiger partial charge < -0.3 is 10.2 Å². The van der Waals surface area contributed by atoms with Crippen molar-refractivity contribution in [3.05, 3.63) is 76.9 Å². The van der Waals surface area contributed by atoms with Crippen LogP contribution < -0.4 is 15.5 Å². The van der Waals surface area contributed by atoms with Crippen molar-refractivity contribution in [3.63, 3.8) is 0 Å². The Balaban J connectivity index is 1.87. The molecule has 0 bridgehead atoms. The van der Waals surface area contributed by atoms with E-state index < -0.39 is 0 Å². The molecule has 0 aliphatic heterocycles. The molecule has 3 rings (SSSR count). The highest BCUT2D eigenvalue weighted by Crippen LogP contribution is 2.16. The Bertz CT molecular complexity index is 1120. The second kappa shape index (κ2) is 10.1. The van der Waals surface area contributed by atoms with Crippen LogP contribution in [0.25, 0.3) is 0 Å². The largest absolute Gasteiger partial charge is 0.378 e. The van der Waals surface area contributed by atoms with Crippen LogP contribution in [0.2, 0.25) is 0 Å². The van der Waals surface area contributed by atoms with E-state index in [1.54, 1.807) is 18.2 Å². The molecular weight excluding hydrogens is 407 g/mol. The fourth-order valence-corrected chi connectivity index (χ4v) is 3.31. The zero-order chi connectivity index (χ0) is 23.3. The fourth-order valence-electron chi connectivity index (χ4n) is 3.31. The summed E-state index contributed by atoms with van der Waals surface area (Å²) in [4.78, 5) is 19.5. The van der Waals surface area contributed by atoms with Crippen LogP contribution >= 0.6 is 0 Å². The first-order chi connectivity index (χ1) is 15.3. The molecule has 0 fully saturated rings. The Labute approximate surface area is 188 Å². The zero-order valence-corrected chi connectivity index (χ0v) is 19.1. The van der Waals surface area contributed by atoms with E-state index in [1.807, 2.05) is 62.6 Å². The Kier molecular flexibility index (Phi) is 7.25. The van der Waals surface area contributed by atoms with Crippen molar-refractivity contribution in [1.29, 1.82) is 0 Å². The first-order valence-corrected chi connectivity index (χ1v) is 10.5. The van der Waals surface area contributed by atoms with Crippen molar-refractivity contribution in [1.82, 2.24) is 15.1 Å².